The van der Waals surface area contributed by atoms with Crippen LogP contribution in [0.3, 0.4) is 0 Å². The van der Waals surface area contributed by atoms with E-state index in [0.29, 0.717) is 26.1 Å². The van der Waals surface area contributed by atoms with E-state index in [4.69, 9.17) is 4.74 Å². The molecule has 2 aromatic rings. The lowest BCUT2D eigenvalue weighted by molar-refractivity contribution is -0.131. The molecular formula is C17H22N2O2. The Morgan fingerprint density at radius 2 is 2.24 bits per heavy atom. The van der Waals surface area contributed by atoms with E-state index in [0.717, 1.165) is 11.9 Å². The van der Waals surface area contributed by atoms with Gasteiger partial charge < -0.3 is 14.6 Å². The quantitative estimate of drug-likeness (QED) is 0.758. The van der Waals surface area contributed by atoms with Gasteiger partial charge >= 0.3 is 0 Å². The number of rotatable bonds is 8. The highest BCUT2D eigenvalue weighted by Crippen LogP contribution is 2.19. The summed E-state index contributed by atoms with van der Waals surface area (Å²) in [5.74, 6) is 0.136. The highest BCUT2D eigenvalue weighted by molar-refractivity contribution is 5.84. The molecule has 0 spiro atoms. The summed E-state index contributed by atoms with van der Waals surface area (Å²) >= 11 is 0. The minimum absolute atomic E-state index is 0.136. The first kappa shape index (κ1) is 15.3. The number of nitrogens with zero attached hydrogens (tertiary/aromatic N) is 1. The number of carbonyl (C=O) groups is 1. The second-order valence-corrected chi connectivity index (χ2v) is 4.98. The van der Waals surface area contributed by atoms with Gasteiger partial charge in [-0.15, -0.1) is 6.58 Å². The van der Waals surface area contributed by atoms with E-state index in [1.807, 2.05) is 24.4 Å². The van der Waals surface area contributed by atoms with Gasteiger partial charge in [-0.05, 0) is 18.1 Å². The molecule has 112 valence electrons. The molecule has 0 bridgehead atoms. The second kappa shape index (κ2) is 7.64. The smallest absolute Gasteiger partial charge is 0.223 e. The number of H-pyrrole nitrogens is 1. The van der Waals surface area contributed by atoms with Crippen LogP contribution >= 0.6 is 0 Å². The maximum absolute atomic E-state index is 12.3. The lowest BCUT2D eigenvalue weighted by atomic mass is 10.1. The Hall–Kier alpha value is -2.07. The van der Waals surface area contributed by atoms with Crippen LogP contribution in [0.25, 0.3) is 10.9 Å². The summed E-state index contributed by atoms with van der Waals surface area (Å²) in [5.41, 5.74) is 2.30. The Balaban J connectivity index is 1.97. The number of amides is 1. The van der Waals surface area contributed by atoms with Crippen molar-refractivity contribution in [2.75, 3.05) is 26.8 Å². The zero-order chi connectivity index (χ0) is 15.1. The number of nitrogens with one attached hydrogen (secondary N) is 1. The topological polar surface area (TPSA) is 45.3 Å². The normalized spacial score (nSPS) is 10.7. The average molecular weight is 286 g/mol. The lowest BCUT2D eigenvalue weighted by Gasteiger charge is -2.20. The minimum Gasteiger partial charge on any atom is -0.383 e. The van der Waals surface area contributed by atoms with Gasteiger partial charge in [0, 0.05) is 43.7 Å². The molecule has 0 aliphatic heterocycles. The fraction of sp³-hybridized carbons (Fsp3) is 0.353. The Morgan fingerprint density at radius 3 is 3.00 bits per heavy atom. The van der Waals surface area contributed by atoms with Crippen LogP contribution in [0.5, 0.6) is 0 Å². The van der Waals surface area contributed by atoms with E-state index >= 15 is 0 Å². The van der Waals surface area contributed by atoms with Crippen molar-refractivity contribution in [3.8, 4) is 0 Å². The molecule has 0 unspecified atom stereocenters. The number of ether oxygens (including phenoxy) is 1. The van der Waals surface area contributed by atoms with Gasteiger partial charge in [0.1, 0.15) is 0 Å². The maximum Gasteiger partial charge on any atom is 0.223 e. The van der Waals surface area contributed by atoms with Crippen molar-refractivity contribution in [2.24, 2.45) is 0 Å². The first-order valence-corrected chi connectivity index (χ1v) is 7.19. The molecule has 0 radical (unpaired) electrons. The van der Waals surface area contributed by atoms with Gasteiger partial charge in [0.25, 0.3) is 0 Å². The van der Waals surface area contributed by atoms with Gasteiger partial charge in [0.15, 0.2) is 0 Å². The number of hydrogen-bond acceptors (Lipinski definition) is 2. The van der Waals surface area contributed by atoms with Gasteiger partial charge in [0.05, 0.1) is 6.61 Å². The van der Waals surface area contributed by atoms with E-state index in [1.54, 1.807) is 18.1 Å². The summed E-state index contributed by atoms with van der Waals surface area (Å²) in [5, 5.41) is 1.19. The molecule has 21 heavy (non-hydrogen) atoms. The Bertz CT molecular complexity index is 604. The van der Waals surface area contributed by atoms with Crippen LogP contribution in [-0.2, 0) is 16.0 Å². The standard InChI is InChI=1S/C17H22N2O2/c1-3-10-19(11-12-21-2)17(20)9-8-14-13-18-16-7-5-4-6-15(14)16/h3-7,13,18H,1,8-12H2,2H3. The molecule has 1 N–H and O–H groups in total. The molecule has 0 saturated heterocycles. The summed E-state index contributed by atoms with van der Waals surface area (Å²) in [6.45, 7) is 5.42. The van der Waals surface area contributed by atoms with Gasteiger partial charge in [0.2, 0.25) is 5.91 Å². The van der Waals surface area contributed by atoms with Crippen LogP contribution < -0.4 is 0 Å². The molecule has 1 amide bonds. The number of hydrogen-bond donors (Lipinski definition) is 1. The Labute approximate surface area is 125 Å². The molecule has 1 aromatic carbocycles. The first-order chi connectivity index (χ1) is 10.3. The van der Waals surface area contributed by atoms with Gasteiger partial charge in [-0.1, -0.05) is 24.3 Å². The summed E-state index contributed by atoms with van der Waals surface area (Å²) in [4.78, 5) is 17.3. The summed E-state index contributed by atoms with van der Waals surface area (Å²) < 4.78 is 5.04. The highest BCUT2D eigenvalue weighted by atomic mass is 16.5. The van der Waals surface area contributed by atoms with E-state index < -0.39 is 0 Å². The van der Waals surface area contributed by atoms with Crippen LogP contribution in [0.15, 0.2) is 43.1 Å². The zero-order valence-corrected chi connectivity index (χ0v) is 12.5. The number of aromatic nitrogens is 1. The Morgan fingerprint density at radius 1 is 1.43 bits per heavy atom. The van der Waals surface area contributed by atoms with Crippen LogP contribution in [-0.4, -0.2) is 42.6 Å². The number of aromatic amines is 1. The molecule has 4 heteroatoms. The molecule has 1 heterocycles. The van der Waals surface area contributed by atoms with Crippen LogP contribution in [0.1, 0.15) is 12.0 Å². The van der Waals surface area contributed by atoms with Crippen LogP contribution in [0.2, 0.25) is 0 Å². The van der Waals surface area contributed by atoms with E-state index in [-0.39, 0.29) is 5.91 Å². The van der Waals surface area contributed by atoms with Gasteiger partial charge in [-0.2, -0.15) is 0 Å². The van der Waals surface area contributed by atoms with Crippen molar-refractivity contribution >= 4 is 16.8 Å². The molecule has 4 nitrogen and oxygen atoms in total. The molecule has 2 rings (SSSR count). The van der Waals surface area contributed by atoms with Crippen LogP contribution in [0, 0.1) is 0 Å². The van der Waals surface area contributed by atoms with Crippen molar-refractivity contribution in [3.63, 3.8) is 0 Å². The zero-order valence-electron chi connectivity index (χ0n) is 12.5. The first-order valence-electron chi connectivity index (χ1n) is 7.19. The number of aryl methyl sites for hydroxylation is 1. The molecule has 0 atom stereocenters. The third-order valence-electron chi connectivity index (χ3n) is 3.55. The highest BCUT2D eigenvalue weighted by Gasteiger charge is 2.13. The van der Waals surface area contributed by atoms with Crippen molar-refractivity contribution in [1.29, 1.82) is 0 Å². The lowest BCUT2D eigenvalue weighted by Crippen LogP contribution is -2.34. The van der Waals surface area contributed by atoms with Gasteiger partial charge in [-0.3, -0.25) is 4.79 Å². The number of fused-ring (bicyclic) bond motifs is 1. The summed E-state index contributed by atoms with van der Waals surface area (Å²) in [7, 11) is 1.64. The Kier molecular flexibility index (Phi) is 5.58. The molecule has 0 fully saturated rings. The van der Waals surface area contributed by atoms with E-state index in [2.05, 4.69) is 17.6 Å². The largest absolute Gasteiger partial charge is 0.383 e. The third-order valence-corrected chi connectivity index (χ3v) is 3.55. The number of carbonyl (C=O) groups excluding carboxylic acids is 1. The third kappa shape index (κ3) is 3.95. The molecule has 0 aliphatic carbocycles. The summed E-state index contributed by atoms with van der Waals surface area (Å²) in [6.07, 6.45) is 4.98. The van der Waals surface area contributed by atoms with Crippen molar-refractivity contribution in [1.82, 2.24) is 9.88 Å². The second-order valence-electron chi connectivity index (χ2n) is 4.98. The molecule has 0 aliphatic rings. The SMILES string of the molecule is C=CCN(CCOC)C(=O)CCc1c[nH]c2ccccc12. The van der Waals surface area contributed by atoms with Crippen molar-refractivity contribution in [3.05, 3.63) is 48.7 Å². The minimum atomic E-state index is 0.136. The maximum atomic E-state index is 12.3. The van der Waals surface area contributed by atoms with Crippen molar-refractivity contribution < 1.29 is 9.53 Å². The van der Waals surface area contributed by atoms with E-state index in [9.17, 15) is 4.79 Å². The molecular weight excluding hydrogens is 264 g/mol. The molecule has 1 aromatic heterocycles. The van der Waals surface area contributed by atoms with Gasteiger partial charge in [-0.25, -0.2) is 0 Å². The average Bonchev–Trinajstić information content (AvgIpc) is 2.92. The number of methoxy groups -OCH3 is 1. The monoisotopic (exact) mass is 286 g/mol. The fourth-order valence-electron chi connectivity index (χ4n) is 2.41. The molecule has 0 saturated carbocycles. The predicted octanol–water partition coefficient (Wildman–Crippen LogP) is 2.76. The number of para-hydroxylation sites is 1. The fourth-order valence-corrected chi connectivity index (χ4v) is 2.41. The van der Waals surface area contributed by atoms with Crippen molar-refractivity contribution in [2.45, 2.75) is 12.8 Å². The predicted molar refractivity (Wildman–Crippen MR) is 85.3 cm³/mol. The van der Waals surface area contributed by atoms with E-state index in [1.165, 1.54) is 10.9 Å². The van der Waals surface area contributed by atoms with Crippen LogP contribution in [0.4, 0.5) is 0 Å². The summed E-state index contributed by atoms with van der Waals surface area (Å²) in [6, 6.07) is 8.15. The number of benzene rings is 1.